The zero-order valence-electron chi connectivity index (χ0n) is 18.2. The Bertz CT molecular complexity index is 982. The normalized spacial score (nSPS) is 12.6. The molecule has 0 saturated carbocycles. The molecule has 5 nitrogen and oxygen atoms in total. The molecule has 31 heavy (non-hydrogen) atoms. The minimum absolute atomic E-state index is 0.131. The van der Waals surface area contributed by atoms with Crippen LogP contribution in [-0.4, -0.2) is 35.7 Å². The van der Waals surface area contributed by atoms with Crippen molar-refractivity contribution in [3.05, 3.63) is 89.5 Å². The van der Waals surface area contributed by atoms with Gasteiger partial charge in [-0.15, -0.1) is 0 Å². The number of ether oxygens (including phenoxy) is 2. The zero-order chi connectivity index (χ0) is 22.3. The van der Waals surface area contributed by atoms with Gasteiger partial charge in [0.2, 0.25) is 0 Å². The number of aromatic hydroxyl groups is 1. The summed E-state index contributed by atoms with van der Waals surface area (Å²) < 4.78 is 11.7. The summed E-state index contributed by atoms with van der Waals surface area (Å²) in [5.41, 5.74) is 0.253. The molecule has 162 valence electrons. The lowest BCUT2D eigenvalue weighted by Crippen LogP contribution is -2.39. The minimum Gasteiger partial charge on any atom is -0.507 e. The van der Waals surface area contributed by atoms with Gasteiger partial charge < -0.3 is 19.7 Å². The molecule has 3 aromatic rings. The Morgan fingerprint density at radius 1 is 0.839 bits per heavy atom. The lowest BCUT2D eigenvalue weighted by molar-refractivity contribution is 0.0526. The highest BCUT2D eigenvalue weighted by Gasteiger charge is 2.42. The predicted octanol–water partition coefficient (Wildman–Crippen LogP) is 4.93. The average molecular weight is 420 g/mol. The van der Waals surface area contributed by atoms with Gasteiger partial charge in [0.1, 0.15) is 22.8 Å². The first-order valence-electron chi connectivity index (χ1n) is 10.5. The maximum atomic E-state index is 12.2. The number of hydrogen-bond acceptors (Lipinski definition) is 5. The van der Waals surface area contributed by atoms with E-state index in [4.69, 9.17) is 9.47 Å². The monoisotopic (exact) mass is 419 g/mol. The van der Waals surface area contributed by atoms with Crippen molar-refractivity contribution in [2.24, 2.45) is 4.99 Å². The molecular formula is C26H29NO4. The summed E-state index contributed by atoms with van der Waals surface area (Å²) >= 11 is 0. The summed E-state index contributed by atoms with van der Waals surface area (Å²) in [6.07, 6.45) is 1.58. The van der Waals surface area contributed by atoms with Crippen molar-refractivity contribution in [1.82, 2.24) is 0 Å². The van der Waals surface area contributed by atoms with Crippen molar-refractivity contribution in [2.45, 2.75) is 32.4 Å². The molecule has 0 aliphatic carbocycles. The largest absolute Gasteiger partial charge is 0.507 e. The van der Waals surface area contributed by atoms with Gasteiger partial charge in [-0.1, -0.05) is 48.5 Å². The smallest absolute Gasteiger partial charge is 0.144 e. The highest BCUT2D eigenvalue weighted by molar-refractivity contribution is 5.83. The maximum Gasteiger partial charge on any atom is 0.144 e. The van der Waals surface area contributed by atoms with Crippen molar-refractivity contribution < 1.29 is 19.7 Å². The van der Waals surface area contributed by atoms with E-state index < -0.39 is 11.6 Å². The molecule has 1 atom stereocenters. The first-order valence-corrected chi connectivity index (χ1v) is 10.5. The van der Waals surface area contributed by atoms with Gasteiger partial charge in [-0.2, -0.15) is 0 Å². The Labute approximate surface area is 183 Å². The van der Waals surface area contributed by atoms with E-state index in [1.54, 1.807) is 24.4 Å². The molecule has 1 unspecified atom stereocenters. The maximum absolute atomic E-state index is 12.2. The summed E-state index contributed by atoms with van der Waals surface area (Å²) in [7, 11) is 0. The van der Waals surface area contributed by atoms with Crippen LogP contribution in [0.4, 0.5) is 0 Å². The van der Waals surface area contributed by atoms with Gasteiger partial charge in [0.15, 0.2) is 0 Å². The standard InChI is InChI=1S/C26H29NO4/c1-4-30-24-16-10-7-13-21(24)26(29,22-14-8-11-17-25(22)31-5-2)19(3)27-18-20-12-6-9-15-23(20)28/h6-19,28-29H,4-5H2,1-3H3. The summed E-state index contributed by atoms with van der Waals surface area (Å²) in [6, 6.07) is 21.2. The molecule has 0 aliphatic heterocycles. The zero-order valence-corrected chi connectivity index (χ0v) is 18.2. The Morgan fingerprint density at radius 3 is 1.84 bits per heavy atom. The van der Waals surface area contributed by atoms with E-state index in [0.29, 0.717) is 41.4 Å². The van der Waals surface area contributed by atoms with Crippen LogP contribution in [0.2, 0.25) is 0 Å². The van der Waals surface area contributed by atoms with Crippen LogP contribution in [0.5, 0.6) is 17.2 Å². The van der Waals surface area contributed by atoms with Crippen molar-refractivity contribution >= 4 is 6.21 Å². The van der Waals surface area contributed by atoms with Gasteiger partial charge in [0.25, 0.3) is 0 Å². The van der Waals surface area contributed by atoms with Gasteiger partial charge in [0.05, 0.1) is 19.3 Å². The second-order valence-electron chi connectivity index (χ2n) is 7.14. The molecule has 0 aliphatic rings. The summed E-state index contributed by atoms with van der Waals surface area (Å²) in [4.78, 5) is 4.64. The van der Waals surface area contributed by atoms with Gasteiger partial charge in [-0.05, 0) is 45.0 Å². The molecule has 3 rings (SSSR count). The van der Waals surface area contributed by atoms with Crippen LogP contribution in [0.25, 0.3) is 0 Å². The van der Waals surface area contributed by atoms with Crippen molar-refractivity contribution in [3.63, 3.8) is 0 Å². The van der Waals surface area contributed by atoms with Crippen LogP contribution in [0.1, 0.15) is 37.5 Å². The number of phenolic OH excluding ortho intramolecular Hbond substituents is 1. The van der Waals surface area contributed by atoms with Crippen molar-refractivity contribution in [1.29, 1.82) is 0 Å². The predicted molar refractivity (Wildman–Crippen MR) is 123 cm³/mol. The summed E-state index contributed by atoms with van der Waals surface area (Å²) in [5, 5.41) is 22.3. The first-order chi connectivity index (χ1) is 15.0. The van der Waals surface area contributed by atoms with Crippen LogP contribution in [-0.2, 0) is 5.60 Å². The van der Waals surface area contributed by atoms with Crippen molar-refractivity contribution in [2.75, 3.05) is 13.2 Å². The highest BCUT2D eigenvalue weighted by atomic mass is 16.5. The SMILES string of the molecule is CCOc1ccccc1C(O)(c1ccccc1OCC)C(C)N=Cc1ccccc1O. The topological polar surface area (TPSA) is 71.3 Å². The molecule has 5 heteroatoms. The molecule has 3 aromatic carbocycles. The van der Waals surface area contributed by atoms with E-state index in [2.05, 4.69) is 4.99 Å². The number of hydrogen-bond donors (Lipinski definition) is 2. The quantitative estimate of drug-likeness (QED) is 0.482. The van der Waals surface area contributed by atoms with Gasteiger partial charge in [-0.3, -0.25) is 4.99 Å². The minimum atomic E-state index is -1.53. The first kappa shape index (κ1) is 22.4. The summed E-state index contributed by atoms with van der Waals surface area (Å²) in [5.74, 6) is 1.30. The fraction of sp³-hybridized carbons (Fsp3) is 0.269. The summed E-state index contributed by atoms with van der Waals surface area (Å²) in [6.45, 7) is 6.58. The number of aliphatic imine (C=N–C) groups is 1. The molecule has 2 N–H and O–H groups in total. The number of para-hydroxylation sites is 3. The average Bonchev–Trinajstić information content (AvgIpc) is 2.79. The van der Waals surface area contributed by atoms with Crippen LogP contribution >= 0.6 is 0 Å². The molecule has 0 radical (unpaired) electrons. The third-order valence-electron chi connectivity index (χ3n) is 5.17. The molecular weight excluding hydrogens is 390 g/mol. The van der Waals surface area contributed by atoms with E-state index in [-0.39, 0.29) is 5.75 Å². The second kappa shape index (κ2) is 10.1. The van der Waals surface area contributed by atoms with Crippen molar-refractivity contribution in [3.8, 4) is 17.2 Å². The fourth-order valence-electron chi connectivity index (χ4n) is 3.62. The Kier molecular flexibility index (Phi) is 7.32. The van der Waals surface area contributed by atoms with Crippen LogP contribution < -0.4 is 9.47 Å². The number of rotatable bonds is 9. The Balaban J connectivity index is 2.17. The molecule has 0 bridgehead atoms. The third kappa shape index (κ3) is 4.72. The van der Waals surface area contributed by atoms with E-state index in [0.717, 1.165) is 0 Å². The molecule has 0 spiro atoms. The second-order valence-corrected chi connectivity index (χ2v) is 7.14. The van der Waals surface area contributed by atoms with E-state index in [1.165, 1.54) is 0 Å². The number of nitrogens with zero attached hydrogens (tertiary/aromatic N) is 1. The lowest BCUT2D eigenvalue weighted by atomic mass is 9.80. The van der Waals surface area contributed by atoms with Gasteiger partial charge in [0, 0.05) is 22.9 Å². The van der Waals surface area contributed by atoms with Gasteiger partial charge >= 0.3 is 0 Å². The number of aliphatic hydroxyl groups is 1. The fourth-order valence-corrected chi connectivity index (χ4v) is 3.62. The van der Waals surface area contributed by atoms with Crippen LogP contribution in [0, 0.1) is 0 Å². The molecule has 0 amide bonds. The Hall–Kier alpha value is -3.31. The van der Waals surface area contributed by atoms with Gasteiger partial charge in [-0.25, -0.2) is 0 Å². The number of benzene rings is 3. The highest BCUT2D eigenvalue weighted by Crippen LogP contribution is 2.43. The molecule has 0 saturated heterocycles. The third-order valence-corrected chi connectivity index (χ3v) is 5.17. The molecule has 0 heterocycles. The Morgan fingerprint density at radius 2 is 1.32 bits per heavy atom. The van der Waals surface area contributed by atoms with E-state index >= 15 is 0 Å². The molecule has 0 fully saturated rings. The van der Waals surface area contributed by atoms with E-state index in [9.17, 15) is 10.2 Å². The van der Waals surface area contributed by atoms with E-state index in [1.807, 2.05) is 75.4 Å². The molecule has 0 aromatic heterocycles. The van der Waals surface area contributed by atoms with Crippen LogP contribution in [0.3, 0.4) is 0 Å². The lowest BCUT2D eigenvalue weighted by Gasteiger charge is -2.35. The number of phenols is 1. The van der Waals surface area contributed by atoms with Crippen LogP contribution in [0.15, 0.2) is 77.8 Å².